The molecular weight excluding hydrogens is 192 g/mol. The maximum Gasteiger partial charge on any atom is 0.224 e. The van der Waals surface area contributed by atoms with E-state index in [1.54, 1.807) is 0 Å². The molecule has 90 valence electrons. The van der Waals surface area contributed by atoms with Gasteiger partial charge >= 0.3 is 0 Å². The number of ether oxygens (including phenoxy) is 1. The fraction of sp³-hybridized carbons (Fsp3) is 0.909. The minimum absolute atomic E-state index is 0.0593. The van der Waals surface area contributed by atoms with Gasteiger partial charge in [0, 0.05) is 26.3 Å². The Morgan fingerprint density at radius 1 is 1.47 bits per heavy atom. The van der Waals surface area contributed by atoms with Gasteiger partial charge in [0.15, 0.2) is 0 Å². The molecule has 0 radical (unpaired) electrons. The molecule has 1 amide bonds. The van der Waals surface area contributed by atoms with Crippen LogP contribution in [0, 0.1) is 11.8 Å². The van der Waals surface area contributed by atoms with Gasteiger partial charge in [-0.3, -0.25) is 4.79 Å². The third kappa shape index (κ3) is 6.47. The Kier molecular flexibility index (Phi) is 8.33. The van der Waals surface area contributed by atoms with E-state index in [0.29, 0.717) is 25.6 Å². The number of rotatable bonds is 8. The number of hydrogen-bond acceptors (Lipinski definition) is 3. The Morgan fingerprint density at radius 3 is 2.60 bits per heavy atom. The van der Waals surface area contributed by atoms with E-state index in [2.05, 4.69) is 5.32 Å². The van der Waals surface area contributed by atoms with Crippen molar-refractivity contribution in [3.8, 4) is 0 Å². The lowest BCUT2D eigenvalue weighted by molar-refractivity contribution is -0.125. The molecule has 0 rings (SSSR count). The number of amides is 1. The molecule has 0 saturated heterocycles. The van der Waals surface area contributed by atoms with Gasteiger partial charge in [-0.05, 0) is 19.3 Å². The lowest BCUT2D eigenvalue weighted by Crippen LogP contribution is -2.38. The molecule has 4 nitrogen and oxygen atoms in total. The molecular formula is C11H24N2O2. The Balaban J connectivity index is 3.63. The van der Waals surface area contributed by atoms with Gasteiger partial charge in [0.05, 0.1) is 5.92 Å². The summed E-state index contributed by atoms with van der Waals surface area (Å²) in [4.78, 5) is 11.6. The summed E-state index contributed by atoms with van der Waals surface area (Å²) in [5, 5.41) is 2.87. The summed E-state index contributed by atoms with van der Waals surface area (Å²) in [6, 6.07) is 0. The van der Waals surface area contributed by atoms with E-state index in [1.165, 1.54) is 0 Å². The summed E-state index contributed by atoms with van der Waals surface area (Å²) in [5.74, 6) is 0.281. The number of nitrogens with two attached hydrogens (primary N) is 1. The van der Waals surface area contributed by atoms with Crippen LogP contribution in [0.1, 0.15) is 27.2 Å². The largest absolute Gasteiger partial charge is 0.382 e. The molecule has 1 atom stereocenters. The monoisotopic (exact) mass is 216 g/mol. The number of carbonyl (C=O) groups excluding carboxylic acids is 1. The molecule has 3 N–H and O–H groups in total. The van der Waals surface area contributed by atoms with Crippen molar-refractivity contribution in [2.24, 2.45) is 17.6 Å². The maximum absolute atomic E-state index is 11.6. The van der Waals surface area contributed by atoms with E-state index < -0.39 is 0 Å². The minimum Gasteiger partial charge on any atom is -0.382 e. The van der Waals surface area contributed by atoms with Gasteiger partial charge < -0.3 is 15.8 Å². The predicted molar refractivity (Wildman–Crippen MR) is 61.5 cm³/mol. The Bertz CT molecular complexity index is 172. The van der Waals surface area contributed by atoms with Crippen molar-refractivity contribution in [3.63, 3.8) is 0 Å². The molecule has 0 fully saturated rings. The second-order valence-corrected chi connectivity index (χ2v) is 3.93. The fourth-order valence-corrected chi connectivity index (χ4v) is 1.34. The van der Waals surface area contributed by atoms with Crippen LogP contribution < -0.4 is 11.1 Å². The smallest absolute Gasteiger partial charge is 0.224 e. The second kappa shape index (κ2) is 8.68. The fourth-order valence-electron chi connectivity index (χ4n) is 1.34. The van der Waals surface area contributed by atoms with Crippen LogP contribution in [0.15, 0.2) is 0 Å². The molecule has 15 heavy (non-hydrogen) atoms. The predicted octanol–water partition coefficient (Wildman–Crippen LogP) is 0.760. The van der Waals surface area contributed by atoms with Gasteiger partial charge in [-0.15, -0.1) is 0 Å². The van der Waals surface area contributed by atoms with Crippen molar-refractivity contribution < 1.29 is 9.53 Å². The van der Waals surface area contributed by atoms with E-state index in [4.69, 9.17) is 10.5 Å². The van der Waals surface area contributed by atoms with Crippen LogP contribution in [0.5, 0.6) is 0 Å². The molecule has 4 heteroatoms. The molecule has 0 aromatic carbocycles. The molecule has 0 aliphatic heterocycles. The highest BCUT2D eigenvalue weighted by molar-refractivity contribution is 5.79. The standard InChI is InChI=1S/C11H24N2O2/c1-4-15-7-5-6-13-11(14)10(8-12)9(2)3/h9-10H,4-8,12H2,1-3H3,(H,13,14). The molecule has 0 bridgehead atoms. The van der Waals surface area contributed by atoms with Gasteiger partial charge in [-0.1, -0.05) is 13.8 Å². The highest BCUT2D eigenvalue weighted by Crippen LogP contribution is 2.08. The quantitative estimate of drug-likeness (QED) is 0.589. The lowest BCUT2D eigenvalue weighted by atomic mass is 9.95. The zero-order valence-corrected chi connectivity index (χ0v) is 10.1. The summed E-state index contributed by atoms with van der Waals surface area (Å²) in [7, 11) is 0. The van der Waals surface area contributed by atoms with Crippen LogP contribution in [0.4, 0.5) is 0 Å². The minimum atomic E-state index is -0.0721. The molecule has 1 unspecified atom stereocenters. The van der Waals surface area contributed by atoms with E-state index in [1.807, 2.05) is 20.8 Å². The first-order valence-corrected chi connectivity index (χ1v) is 5.69. The zero-order chi connectivity index (χ0) is 11.7. The SMILES string of the molecule is CCOCCCNC(=O)C(CN)C(C)C. The van der Waals surface area contributed by atoms with Crippen LogP contribution in [0.3, 0.4) is 0 Å². The van der Waals surface area contributed by atoms with Crippen LogP contribution in [0.2, 0.25) is 0 Å². The van der Waals surface area contributed by atoms with Gasteiger partial charge in [-0.2, -0.15) is 0 Å². The molecule has 0 heterocycles. The lowest BCUT2D eigenvalue weighted by Gasteiger charge is -2.18. The van der Waals surface area contributed by atoms with Gasteiger partial charge in [0.2, 0.25) is 5.91 Å². The Morgan fingerprint density at radius 2 is 2.13 bits per heavy atom. The van der Waals surface area contributed by atoms with E-state index in [0.717, 1.165) is 13.0 Å². The highest BCUT2D eigenvalue weighted by Gasteiger charge is 2.19. The average Bonchev–Trinajstić information content (AvgIpc) is 2.18. The molecule has 0 aliphatic carbocycles. The number of nitrogens with one attached hydrogen (secondary N) is 1. The topological polar surface area (TPSA) is 64.3 Å². The highest BCUT2D eigenvalue weighted by atomic mass is 16.5. The van der Waals surface area contributed by atoms with Crippen molar-refractivity contribution >= 4 is 5.91 Å². The van der Waals surface area contributed by atoms with Crippen molar-refractivity contribution in [3.05, 3.63) is 0 Å². The third-order valence-electron chi connectivity index (χ3n) is 2.36. The first kappa shape index (κ1) is 14.4. The first-order valence-electron chi connectivity index (χ1n) is 5.69. The maximum atomic E-state index is 11.6. The molecule has 0 aliphatic rings. The normalized spacial score (nSPS) is 12.9. The molecule has 0 aromatic rings. The molecule has 0 saturated carbocycles. The zero-order valence-electron chi connectivity index (χ0n) is 10.1. The summed E-state index contributed by atoms with van der Waals surface area (Å²) in [6.45, 7) is 8.49. The van der Waals surface area contributed by atoms with Gasteiger partial charge in [0.25, 0.3) is 0 Å². The average molecular weight is 216 g/mol. The van der Waals surface area contributed by atoms with Crippen LogP contribution in [-0.2, 0) is 9.53 Å². The van der Waals surface area contributed by atoms with Crippen LogP contribution in [0.25, 0.3) is 0 Å². The van der Waals surface area contributed by atoms with Crippen LogP contribution >= 0.6 is 0 Å². The molecule has 0 spiro atoms. The second-order valence-electron chi connectivity index (χ2n) is 3.93. The Hall–Kier alpha value is -0.610. The summed E-state index contributed by atoms with van der Waals surface area (Å²) >= 11 is 0. The van der Waals surface area contributed by atoms with Crippen LogP contribution in [-0.4, -0.2) is 32.2 Å². The summed E-state index contributed by atoms with van der Waals surface area (Å²) < 4.78 is 5.17. The summed E-state index contributed by atoms with van der Waals surface area (Å²) in [5.41, 5.74) is 5.54. The van der Waals surface area contributed by atoms with Gasteiger partial charge in [-0.25, -0.2) is 0 Å². The molecule has 0 aromatic heterocycles. The number of carbonyl (C=O) groups is 1. The third-order valence-corrected chi connectivity index (χ3v) is 2.36. The van der Waals surface area contributed by atoms with Crippen molar-refractivity contribution in [2.45, 2.75) is 27.2 Å². The van der Waals surface area contributed by atoms with Crippen molar-refractivity contribution in [2.75, 3.05) is 26.3 Å². The summed E-state index contributed by atoms with van der Waals surface area (Å²) in [6.07, 6.45) is 0.856. The van der Waals surface area contributed by atoms with E-state index >= 15 is 0 Å². The van der Waals surface area contributed by atoms with E-state index in [-0.39, 0.29) is 11.8 Å². The van der Waals surface area contributed by atoms with Gasteiger partial charge in [0.1, 0.15) is 0 Å². The van der Waals surface area contributed by atoms with E-state index in [9.17, 15) is 4.79 Å². The Labute approximate surface area is 92.6 Å². The van der Waals surface area contributed by atoms with Crippen molar-refractivity contribution in [1.29, 1.82) is 0 Å². The van der Waals surface area contributed by atoms with Crippen molar-refractivity contribution in [1.82, 2.24) is 5.32 Å². The first-order chi connectivity index (χ1) is 7.13. The number of hydrogen-bond donors (Lipinski definition) is 2.